The number of fused-ring (bicyclic) bond motifs is 1. The maximum atomic E-state index is 9.82. The number of thioether (sulfide) groups is 1. The van der Waals surface area contributed by atoms with Crippen molar-refractivity contribution in [2.75, 3.05) is 6.26 Å². The summed E-state index contributed by atoms with van der Waals surface area (Å²) >= 11 is 3.31. The predicted molar refractivity (Wildman–Crippen MR) is 64.6 cm³/mol. The van der Waals surface area contributed by atoms with Gasteiger partial charge in [-0.3, -0.25) is 0 Å². The molecule has 0 bridgehead atoms. The minimum absolute atomic E-state index is 0.421. The summed E-state index contributed by atoms with van der Waals surface area (Å²) in [7, 11) is 0. The second-order valence-electron chi connectivity index (χ2n) is 3.11. The topological polar surface area (TPSA) is 20.2 Å². The van der Waals surface area contributed by atoms with E-state index in [1.807, 2.05) is 12.3 Å². The molecule has 0 aliphatic heterocycles. The van der Waals surface area contributed by atoms with Crippen molar-refractivity contribution < 1.29 is 5.11 Å². The molecule has 0 saturated carbocycles. The van der Waals surface area contributed by atoms with Crippen LogP contribution >= 0.6 is 23.1 Å². The second kappa shape index (κ2) is 3.83. The van der Waals surface area contributed by atoms with Crippen LogP contribution in [0.2, 0.25) is 0 Å². The summed E-state index contributed by atoms with van der Waals surface area (Å²) in [6, 6.07) is 4.03. The van der Waals surface area contributed by atoms with Gasteiger partial charge in [0.05, 0.1) is 9.60 Å². The van der Waals surface area contributed by atoms with Gasteiger partial charge in [-0.1, -0.05) is 6.92 Å². The lowest BCUT2D eigenvalue weighted by atomic mass is 10.1. The Bertz CT molecular complexity index is 460. The van der Waals surface area contributed by atoms with Crippen LogP contribution in [0.4, 0.5) is 0 Å². The van der Waals surface area contributed by atoms with Crippen LogP contribution in [-0.2, 0) is 6.42 Å². The third-order valence-electron chi connectivity index (χ3n) is 2.35. The molecule has 1 aromatic heterocycles. The van der Waals surface area contributed by atoms with E-state index in [0.717, 1.165) is 11.3 Å². The number of aromatic hydroxyl groups is 1. The average Bonchev–Trinajstić information content (AvgIpc) is 2.65. The zero-order chi connectivity index (χ0) is 10.1. The molecule has 1 N–H and O–H groups in total. The van der Waals surface area contributed by atoms with Crippen LogP contribution < -0.4 is 0 Å². The summed E-state index contributed by atoms with van der Waals surface area (Å²) in [5.41, 5.74) is 1.23. The zero-order valence-corrected chi connectivity index (χ0v) is 9.84. The Kier molecular flexibility index (Phi) is 2.70. The number of rotatable bonds is 2. The summed E-state index contributed by atoms with van der Waals surface area (Å²) in [6.07, 6.45) is 2.97. The lowest BCUT2D eigenvalue weighted by molar-refractivity contribution is 0.463. The third kappa shape index (κ3) is 1.41. The quantitative estimate of drug-likeness (QED) is 0.781. The summed E-state index contributed by atoms with van der Waals surface area (Å²) in [6.45, 7) is 2.12. The van der Waals surface area contributed by atoms with Crippen LogP contribution in [0.1, 0.15) is 12.5 Å². The molecule has 1 aromatic carbocycles. The largest absolute Gasteiger partial charge is 0.507 e. The van der Waals surface area contributed by atoms with E-state index in [4.69, 9.17) is 0 Å². The van der Waals surface area contributed by atoms with Crippen molar-refractivity contribution in [1.29, 1.82) is 0 Å². The van der Waals surface area contributed by atoms with Crippen molar-refractivity contribution in [2.45, 2.75) is 18.2 Å². The smallest absolute Gasteiger partial charge is 0.130 e. The van der Waals surface area contributed by atoms with Crippen molar-refractivity contribution in [3.63, 3.8) is 0 Å². The monoisotopic (exact) mass is 224 g/mol. The highest BCUT2D eigenvalue weighted by Gasteiger charge is 2.10. The molecular weight excluding hydrogens is 212 g/mol. The SMILES string of the molecule is CCc1cc(O)c(SC)c2sccc12. The molecule has 0 saturated heterocycles. The number of phenolic OH excluding ortho intramolecular Hbond substituents is 1. The summed E-state index contributed by atoms with van der Waals surface area (Å²) in [5.74, 6) is 0.421. The van der Waals surface area contributed by atoms with E-state index in [2.05, 4.69) is 18.4 Å². The molecule has 1 heterocycles. The van der Waals surface area contributed by atoms with Crippen LogP contribution in [0.25, 0.3) is 10.1 Å². The van der Waals surface area contributed by atoms with E-state index in [9.17, 15) is 5.11 Å². The van der Waals surface area contributed by atoms with E-state index < -0.39 is 0 Å². The molecule has 2 rings (SSSR count). The molecule has 1 nitrogen and oxygen atoms in total. The number of phenols is 1. The van der Waals surface area contributed by atoms with Crippen LogP contribution in [0, 0.1) is 0 Å². The van der Waals surface area contributed by atoms with Gasteiger partial charge in [-0.15, -0.1) is 23.1 Å². The normalized spacial score (nSPS) is 11.0. The van der Waals surface area contributed by atoms with Crippen LogP contribution in [0.15, 0.2) is 22.4 Å². The van der Waals surface area contributed by atoms with E-state index in [0.29, 0.717) is 5.75 Å². The molecule has 14 heavy (non-hydrogen) atoms. The maximum absolute atomic E-state index is 9.82. The van der Waals surface area contributed by atoms with E-state index >= 15 is 0 Å². The Morgan fingerprint density at radius 1 is 1.50 bits per heavy atom. The molecular formula is C11H12OS2. The fraction of sp³-hybridized carbons (Fsp3) is 0.273. The Morgan fingerprint density at radius 2 is 2.29 bits per heavy atom. The van der Waals surface area contributed by atoms with Crippen LogP contribution in [0.3, 0.4) is 0 Å². The zero-order valence-electron chi connectivity index (χ0n) is 8.20. The van der Waals surface area contributed by atoms with Gasteiger partial charge in [0.25, 0.3) is 0 Å². The molecule has 0 fully saturated rings. The van der Waals surface area contributed by atoms with Gasteiger partial charge in [-0.25, -0.2) is 0 Å². The Hall–Kier alpha value is -0.670. The van der Waals surface area contributed by atoms with Crippen molar-refractivity contribution in [3.05, 3.63) is 23.1 Å². The van der Waals surface area contributed by atoms with Crippen molar-refractivity contribution in [1.82, 2.24) is 0 Å². The van der Waals surface area contributed by atoms with Gasteiger partial charge in [0.15, 0.2) is 0 Å². The third-order valence-corrected chi connectivity index (χ3v) is 4.23. The second-order valence-corrected chi connectivity index (χ2v) is 4.84. The van der Waals surface area contributed by atoms with Crippen LogP contribution in [0.5, 0.6) is 5.75 Å². The average molecular weight is 224 g/mol. The van der Waals surface area contributed by atoms with Crippen molar-refractivity contribution in [2.24, 2.45) is 0 Å². The first-order valence-corrected chi connectivity index (χ1v) is 6.64. The van der Waals surface area contributed by atoms with Gasteiger partial charge in [0.1, 0.15) is 5.75 Å². The molecule has 2 aromatic rings. The Balaban J connectivity index is 2.81. The summed E-state index contributed by atoms with van der Waals surface area (Å²) in [5, 5.41) is 13.2. The number of hydrogen-bond acceptors (Lipinski definition) is 3. The molecule has 0 aliphatic rings. The minimum Gasteiger partial charge on any atom is -0.507 e. The first kappa shape index (κ1) is 9.87. The van der Waals surface area contributed by atoms with Gasteiger partial charge < -0.3 is 5.11 Å². The fourth-order valence-electron chi connectivity index (χ4n) is 1.65. The van der Waals surface area contributed by atoms with Crippen molar-refractivity contribution >= 4 is 33.2 Å². The number of thiophene rings is 1. The molecule has 0 atom stereocenters. The lowest BCUT2D eigenvalue weighted by Crippen LogP contribution is -1.83. The highest BCUT2D eigenvalue weighted by molar-refractivity contribution is 7.99. The van der Waals surface area contributed by atoms with E-state index in [-0.39, 0.29) is 0 Å². The van der Waals surface area contributed by atoms with E-state index in [1.54, 1.807) is 23.1 Å². The minimum atomic E-state index is 0.421. The highest BCUT2D eigenvalue weighted by atomic mass is 32.2. The number of hydrogen-bond donors (Lipinski definition) is 1. The van der Waals surface area contributed by atoms with Gasteiger partial charge in [-0.05, 0) is 41.1 Å². The molecule has 0 unspecified atom stereocenters. The Labute approximate surface area is 91.8 Å². The molecule has 0 amide bonds. The predicted octanol–water partition coefficient (Wildman–Crippen LogP) is 3.89. The Morgan fingerprint density at radius 3 is 2.93 bits per heavy atom. The maximum Gasteiger partial charge on any atom is 0.130 e. The van der Waals surface area contributed by atoms with Gasteiger partial charge in [0.2, 0.25) is 0 Å². The van der Waals surface area contributed by atoms with Gasteiger partial charge >= 0.3 is 0 Å². The number of aryl methyl sites for hydroxylation is 1. The van der Waals surface area contributed by atoms with Gasteiger partial charge in [0, 0.05) is 0 Å². The molecule has 74 valence electrons. The van der Waals surface area contributed by atoms with E-state index in [1.165, 1.54) is 15.6 Å². The molecule has 0 spiro atoms. The first-order chi connectivity index (χ1) is 6.77. The first-order valence-electron chi connectivity index (χ1n) is 4.54. The highest BCUT2D eigenvalue weighted by Crippen LogP contribution is 2.39. The summed E-state index contributed by atoms with van der Waals surface area (Å²) in [4.78, 5) is 1.01. The summed E-state index contributed by atoms with van der Waals surface area (Å²) < 4.78 is 1.22. The fourth-order valence-corrected chi connectivity index (χ4v) is 3.49. The molecule has 3 heteroatoms. The van der Waals surface area contributed by atoms with Crippen molar-refractivity contribution in [3.8, 4) is 5.75 Å². The van der Waals surface area contributed by atoms with Crippen LogP contribution in [-0.4, -0.2) is 11.4 Å². The lowest BCUT2D eigenvalue weighted by Gasteiger charge is -2.06. The standard InChI is InChI=1S/C11H12OS2/c1-3-7-6-9(12)11(13-2)10-8(7)4-5-14-10/h4-6,12H,3H2,1-2H3. The van der Waals surface area contributed by atoms with Gasteiger partial charge in [-0.2, -0.15) is 0 Å². The number of benzene rings is 1. The molecule has 0 aliphatic carbocycles. The molecule has 0 radical (unpaired) electrons.